The summed E-state index contributed by atoms with van der Waals surface area (Å²) in [6.07, 6.45) is 3.30. The summed E-state index contributed by atoms with van der Waals surface area (Å²) in [4.78, 5) is 42.5. The minimum Gasteiger partial charge on any atom is -0.364 e. The predicted molar refractivity (Wildman–Crippen MR) is 141 cm³/mol. The van der Waals surface area contributed by atoms with E-state index in [1.54, 1.807) is 18.2 Å². The van der Waals surface area contributed by atoms with E-state index in [1.807, 2.05) is 26.0 Å². The Kier molecular flexibility index (Phi) is 6.34. The molecule has 4 rings (SSSR count). The van der Waals surface area contributed by atoms with Gasteiger partial charge in [-0.15, -0.1) is 0 Å². The van der Waals surface area contributed by atoms with E-state index < -0.39 is 17.8 Å². The zero-order chi connectivity index (χ0) is 25.7. The Morgan fingerprint density at radius 3 is 2.46 bits per heavy atom. The molecule has 1 fully saturated rings. The van der Waals surface area contributed by atoms with Crippen LogP contribution in [0.4, 0.5) is 16.2 Å². The molecular weight excluding hydrogens is 438 g/mol. The third-order valence-electron chi connectivity index (χ3n) is 7.19. The summed E-state index contributed by atoms with van der Waals surface area (Å²) in [5.41, 5.74) is 5.56. The van der Waals surface area contributed by atoms with Gasteiger partial charge in [0, 0.05) is 17.3 Å². The monoisotopic (exact) mass is 473 g/mol. The van der Waals surface area contributed by atoms with Crippen LogP contribution in [0.3, 0.4) is 0 Å². The zero-order valence-electron chi connectivity index (χ0n) is 21.7. The van der Waals surface area contributed by atoms with Gasteiger partial charge in [0.05, 0.1) is 5.69 Å². The molecule has 0 bridgehead atoms. The van der Waals surface area contributed by atoms with E-state index in [2.05, 4.69) is 57.0 Å². The van der Waals surface area contributed by atoms with Gasteiger partial charge < -0.3 is 4.90 Å². The molecule has 1 atom stereocenters. The van der Waals surface area contributed by atoms with E-state index in [9.17, 15) is 14.4 Å². The standard InChI is InChI=1S/C29H35N3O3/c1-8-20-11-9-10-12-24(20)31-27(34)23(26(33)30-28(31)35)15-21-14-22-19(5)16-29(6,7)32(17(2)3)25(22)13-18(21)4/h9-15,17,19H,8,16H2,1-7H3,(H,30,33,35)/b23-15+. The highest BCUT2D eigenvalue weighted by atomic mass is 16.2. The Morgan fingerprint density at radius 2 is 1.80 bits per heavy atom. The van der Waals surface area contributed by atoms with Crippen LogP contribution >= 0.6 is 0 Å². The van der Waals surface area contributed by atoms with Gasteiger partial charge in [-0.3, -0.25) is 14.9 Å². The normalized spacial score (nSPS) is 21.0. The fraction of sp³-hybridized carbons (Fsp3) is 0.414. The summed E-state index contributed by atoms with van der Waals surface area (Å²) in [5.74, 6) is -0.937. The van der Waals surface area contributed by atoms with Gasteiger partial charge in [-0.1, -0.05) is 32.0 Å². The third kappa shape index (κ3) is 4.26. The maximum absolute atomic E-state index is 13.5. The molecule has 184 valence electrons. The Balaban J connectivity index is 1.80. The van der Waals surface area contributed by atoms with Gasteiger partial charge in [0.25, 0.3) is 11.8 Å². The number of para-hydroxylation sites is 1. The molecule has 0 aliphatic carbocycles. The van der Waals surface area contributed by atoms with E-state index in [0.717, 1.165) is 28.0 Å². The van der Waals surface area contributed by atoms with Crippen LogP contribution in [0.25, 0.3) is 6.08 Å². The first-order chi connectivity index (χ1) is 16.5. The topological polar surface area (TPSA) is 69.7 Å². The molecule has 0 spiro atoms. The second-order valence-electron chi connectivity index (χ2n) is 10.6. The molecule has 6 heteroatoms. The van der Waals surface area contributed by atoms with Gasteiger partial charge in [-0.25, -0.2) is 9.69 Å². The zero-order valence-corrected chi connectivity index (χ0v) is 21.7. The quantitative estimate of drug-likeness (QED) is 0.455. The van der Waals surface area contributed by atoms with Gasteiger partial charge in [-0.2, -0.15) is 0 Å². The van der Waals surface area contributed by atoms with Crippen LogP contribution in [-0.2, 0) is 16.0 Å². The molecule has 4 amide bonds. The number of barbiturate groups is 1. The number of amides is 4. The van der Waals surface area contributed by atoms with Gasteiger partial charge in [0.2, 0.25) is 0 Å². The molecule has 0 saturated carbocycles. The van der Waals surface area contributed by atoms with Crippen LogP contribution in [0.2, 0.25) is 0 Å². The maximum Gasteiger partial charge on any atom is 0.335 e. The van der Waals surface area contributed by atoms with Crippen molar-refractivity contribution >= 4 is 35.3 Å². The SMILES string of the molecule is CCc1ccccc1N1C(=O)NC(=O)/C(=C\c2cc3c(cc2C)N(C(C)C)C(C)(C)CC3C)C1=O. The lowest BCUT2D eigenvalue weighted by atomic mass is 9.78. The molecule has 2 aliphatic heterocycles. The van der Waals surface area contributed by atoms with Crippen LogP contribution < -0.4 is 15.1 Å². The summed E-state index contributed by atoms with van der Waals surface area (Å²) < 4.78 is 0. The molecule has 1 saturated heterocycles. The molecule has 0 radical (unpaired) electrons. The number of urea groups is 1. The van der Waals surface area contributed by atoms with Crippen molar-refractivity contribution in [2.75, 3.05) is 9.80 Å². The molecule has 1 N–H and O–H groups in total. The van der Waals surface area contributed by atoms with Gasteiger partial charge in [0.15, 0.2) is 0 Å². The second kappa shape index (κ2) is 8.99. The van der Waals surface area contributed by atoms with Crippen molar-refractivity contribution in [2.24, 2.45) is 0 Å². The number of aryl methyl sites for hydroxylation is 2. The largest absolute Gasteiger partial charge is 0.364 e. The minimum atomic E-state index is -0.719. The summed E-state index contributed by atoms with van der Waals surface area (Å²) in [6, 6.07) is 11.2. The average molecular weight is 474 g/mol. The number of carbonyl (C=O) groups is 3. The predicted octanol–water partition coefficient (Wildman–Crippen LogP) is 5.72. The fourth-order valence-corrected chi connectivity index (χ4v) is 5.81. The molecule has 2 aromatic rings. The number of nitrogens with zero attached hydrogens (tertiary/aromatic N) is 2. The molecule has 2 aliphatic rings. The first-order valence-corrected chi connectivity index (χ1v) is 12.4. The van der Waals surface area contributed by atoms with Crippen LogP contribution in [0.1, 0.15) is 76.1 Å². The number of hydrogen-bond donors (Lipinski definition) is 1. The number of hydrogen-bond acceptors (Lipinski definition) is 4. The van der Waals surface area contributed by atoms with Crippen LogP contribution in [0, 0.1) is 6.92 Å². The Hall–Kier alpha value is -3.41. The summed E-state index contributed by atoms with van der Waals surface area (Å²) >= 11 is 0. The van der Waals surface area contributed by atoms with Crippen molar-refractivity contribution in [1.29, 1.82) is 0 Å². The molecule has 6 nitrogen and oxygen atoms in total. The molecule has 2 aromatic carbocycles. The Labute approximate surface area is 208 Å². The Bertz CT molecular complexity index is 1240. The summed E-state index contributed by atoms with van der Waals surface area (Å²) in [6.45, 7) is 15.2. The number of anilines is 2. The van der Waals surface area contributed by atoms with E-state index in [4.69, 9.17) is 0 Å². The highest BCUT2D eigenvalue weighted by molar-refractivity contribution is 6.39. The van der Waals surface area contributed by atoms with Gasteiger partial charge >= 0.3 is 6.03 Å². The van der Waals surface area contributed by atoms with Crippen LogP contribution in [0.5, 0.6) is 0 Å². The first-order valence-electron chi connectivity index (χ1n) is 12.4. The first kappa shape index (κ1) is 24.7. The number of imide groups is 2. The molecular formula is C29H35N3O3. The minimum absolute atomic E-state index is 0.0275. The van der Waals surface area contributed by atoms with Crippen molar-refractivity contribution in [3.63, 3.8) is 0 Å². The average Bonchev–Trinajstić information content (AvgIpc) is 2.76. The summed E-state index contributed by atoms with van der Waals surface area (Å²) in [7, 11) is 0. The van der Waals surface area contributed by atoms with Gasteiger partial charge in [0.1, 0.15) is 5.57 Å². The van der Waals surface area contributed by atoms with Crippen molar-refractivity contribution in [3.8, 4) is 0 Å². The van der Waals surface area contributed by atoms with E-state index in [-0.39, 0.29) is 11.1 Å². The van der Waals surface area contributed by atoms with Crippen molar-refractivity contribution in [2.45, 2.75) is 78.8 Å². The number of carbonyl (C=O) groups excluding carboxylic acids is 3. The number of fused-ring (bicyclic) bond motifs is 1. The Morgan fingerprint density at radius 1 is 1.11 bits per heavy atom. The van der Waals surface area contributed by atoms with Crippen molar-refractivity contribution in [1.82, 2.24) is 5.32 Å². The highest BCUT2D eigenvalue weighted by Crippen LogP contribution is 2.45. The smallest absolute Gasteiger partial charge is 0.335 e. The van der Waals surface area contributed by atoms with Crippen LogP contribution in [-0.4, -0.2) is 29.4 Å². The molecule has 35 heavy (non-hydrogen) atoms. The molecule has 2 heterocycles. The second-order valence-corrected chi connectivity index (χ2v) is 10.6. The van der Waals surface area contributed by atoms with E-state index in [1.165, 1.54) is 11.3 Å². The van der Waals surface area contributed by atoms with Crippen molar-refractivity contribution < 1.29 is 14.4 Å². The maximum atomic E-state index is 13.5. The number of nitrogens with one attached hydrogen (secondary N) is 1. The van der Waals surface area contributed by atoms with E-state index >= 15 is 0 Å². The number of benzene rings is 2. The molecule has 1 unspecified atom stereocenters. The third-order valence-corrected chi connectivity index (χ3v) is 7.19. The van der Waals surface area contributed by atoms with Gasteiger partial charge in [-0.05, 0) is 99.9 Å². The lowest BCUT2D eigenvalue weighted by Crippen LogP contribution is -2.54. The molecule has 0 aromatic heterocycles. The fourth-order valence-electron chi connectivity index (χ4n) is 5.81. The highest BCUT2D eigenvalue weighted by Gasteiger charge is 2.39. The summed E-state index contributed by atoms with van der Waals surface area (Å²) in [5, 5.41) is 2.35. The van der Waals surface area contributed by atoms with E-state index in [0.29, 0.717) is 24.1 Å². The lowest BCUT2D eigenvalue weighted by molar-refractivity contribution is -0.122. The number of rotatable bonds is 4. The lowest BCUT2D eigenvalue weighted by Gasteiger charge is -2.50. The van der Waals surface area contributed by atoms with Crippen molar-refractivity contribution in [3.05, 3.63) is 64.2 Å². The van der Waals surface area contributed by atoms with Crippen LogP contribution in [0.15, 0.2) is 42.0 Å².